The van der Waals surface area contributed by atoms with Gasteiger partial charge in [0.2, 0.25) is 0 Å². The molecule has 1 saturated carbocycles. The van der Waals surface area contributed by atoms with Crippen LogP contribution < -0.4 is 0 Å². The molecule has 2 nitrogen and oxygen atoms in total. The van der Waals surface area contributed by atoms with Crippen molar-refractivity contribution in [1.29, 1.82) is 0 Å². The molecule has 2 rings (SSSR count). The van der Waals surface area contributed by atoms with E-state index in [1.54, 1.807) is 0 Å². The molecule has 2 aliphatic rings. The van der Waals surface area contributed by atoms with Crippen molar-refractivity contribution in [2.45, 2.75) is 31.7 Å². The Morgan fingerprint density at radius 3 is 2.08 bits per heavy atom. The highest BCUT2D eigenvalue weighted by atomic mass is 15.3. The SMILES string of the molecule is [CH2]N1CCN(C2CCCC2)CC1. The fraction of sp³-hybridized carbons (Fsp3) is 0.900. The van der Waals surface area contributed by atoms with Crippen LogP contribution in [-0.4, -0.2) is 42.0 Å². The minimum absolute atomic E-state index is 0.915. The maximum absolute atomic E-state index is 3.97. The second kappa shape index (κ2) is 3.75. The van der Waals surface area contributed by atoms with Crippen molar-refractivity contribution in [1.82, 2.24) is 9.80 Å². The van der Waals surface area contributed by atoms with Crippen LogP contribution >= 0.6 is 0 Å². The Hall–Kier alpha value is -0.0800. The molecule has 0 bridgehead atoms. The standard InChI is InChI=1S/C10H19N2/c1-11-6-8-12(9-7-11)10-4-2-3-5-10/h10H,1-9H2. The topological polar surface area (TPSA) is 6.48 Å². The highest BCUT2D eigenvalue weighted by molar-refractivity contribution is 4.81. The van der Waals surface area contributed by atoms with Gasteiger partial charge in [0, 0.05) is 39.3 Å². The van der Waals surface area contributed by atoms with Crippen LogP contribution in [-0.2, 0) is 0 Å². The van der Waals surface area contributed by atoms with Gasteiger partial charge in [-0.05, 0) is 12.8 Å². The van der Waals surface area contributed by atoms with Crippen LogP contribution in [0.2, 0.25) is 0 Å². The summed E-state index contributed by atoms with van der Waals surface area (Å²) in [5.41, 5.74) is 0. The van der Waals surface area contributed by atoms with E-state index >= 15 is 0 Å². The van der Waals surface area contributed by atoms with E-state index in [2.05, 4.69) is 16.8 Å². The van der Waals surface area contributed by atoms with Crippen LogP contribution in [0.5, 0.6) is 0 Å². The molecule has 69 valence electrons. The third-order valence-corrected chi connectivity index (χ3v) is 3.25. The van der Waals surface area contributed by atoms with Crippen molar-refractivity contribution < 1.29 is 0 Å². The van der Waals surface area contributed by atoms with E-state index in [9.17, 15) is 0 Å². The number of hydrogen-bond donors (Lipinski definition) is 0. The van der Waals surface area contributed by atoms with Crippen molar-refractivity contribution in [3.63, 3.8) is 0 Å². The van der Waals surface area contributed by atoms with Gasteiger partial charge >= 0.3 is 0 Å². The van der Waals surface area contributed by atoms with Crippen LogP contribution in [0, 0.1) is 7.05 Å². The molecule has 0 spiro atoms. The van der Waals surface area contributed by atoms with Gasteiger partial charge in [0.1, 0.15) is 0 Å². The lowest BCUT2D eigenvalue weighted by molar-refractivity contribution is 0.123. The molecule has 2 heteroatoms. The Labute approximate surface area is 75.5 Å². The van der Waals surface area contributed by atoms with Crippen molar-refractivity contribution in [2.75, 3.05) is 26.2 Å². The smallest absolute Gasteiger partial charge is 0.0113 e. The van der Waals surface area contributed by atoms with Gasteiger partial charge in [0.25, 0.3) is 0 Å². The molecular weight excluding hydrogens is 148 g/mol. The predicted octanol–water partition coefficient (Wildman–Crippen LogP) is 1.34. The molecule has 1 aliphatic heterocycles. The number of rotatable bonds is 1. The van der Waals surface area contributed by atoms with Crippen LogP contribution in [0.4, 0.5) is 0 Å². The quantitative estimate of drug-likeness (QED) is 0.581. The van der Waals surface area contributed by atoms with Crippen molar-refractivity contribution in [3.05, 3.63) is 7.05 Å². The first-order valence-electron chi connectivity index (χ1n) is 5.16. The lowest BCUT2D eigenvalue weighted by atomic mass is 10.2. The van der Waals surface area contributed by atoms with E-state index in [-0.39, 0.29) is 0 Å². The van der Waals surface area contributed by atoms with E-state index in [4.69, 9.17) is 0 Å². The maximum Gasteiger partial charge on any atom is 0.0113 e. The van der Waals surface area contributed by atoms with E-state index in [0.717, 1.165) is 19.1 Å². The molecule has 1 saturated heterocycles. The van der Waals surface area contributed by atoms with Gasteiger partial charge in [0.05, 0.1) is 0 Å². The predicted molar refractivity (Wildman–Crippen MR) is 50.8 cm³/mol. The minimum Gasteiger partial charge on any atom is -0.300 e. The first-order valence-corrected chi connectivity index (χ1v) is 5.16. The lowest BCUT2D eigenvalue weighted by Crippen LogP contribution is -2.47. The van der Waals surface area contributed by atoms with Gasteiger partial charge in [0.15, 0.2) is 0 Å². The van der Waals surface area contributed by atoms with E-state index in [1.807, 2.05) is 0 Å². The minimum atomic E-state index is 0.915. The van der Waals surface area contributed by atoms with E-state index in [1.165, 1.54) is 38.8 Å². The monoisotopic (exact) mass is 167 g/mol. The molecule has 1 radical (unpaired) electrons. The van der Waals surface area contributed by atoms with Crippen LogP contribution in [0.3, 0.4) is 0 Å². The van der Waals surface area contributed by atoms with Crippen LogP contribution in [0.25, 0.3) is 0 Å². The molecular formula is C10H19N2. The highest BCUT2D eigenvalue weighted by Crippen LogP contribution is 2.23. The van der Waals surface area contributed by atoms with Crippen LogP contribution in [0.1, 0.15) is 25.7 Å². The Bertz CT molecular complexity index is 133. The number of hydrogen-bond acceptors (Lipinski definition) is 2. The molecule has 0 N–H and O–H groups in total. The Balaban J connectivity index is 1.80. The van der Waals surface area contributed by atoms with Crippen molar-refractivity contribution >= 4 is 0 Å². The second-order valence-corrected chi connectivity index (χ2v) is 4.09. The summed E-state index contributed by atoms with van der Waals surface area (Å²) in [6, 6.07) is 0.915. The number of nitrogens with zero attached hydrogens (tertiary/aromatic N) is 2. The molecule has 0 aromatic carbocycles. The van der Waals surface area contributed by atoms with E-state index in [0.29, 0.717) is 0 Å². The Morgan fingerprint density at radius 2 is 1.50 bits per heavy atom. The molecule has 0 amide bonds. The van der Waals surface area contributed by atoms with Gasteiger partial charge in [-0.2, -0.15) is 0 Å². The van der Waals surface area contributed by atoms with Gasteiger partial charge in [-0.1, -0.05) is 12.8 Å². The first-order chi connectivity index (χ1) is 5.86. The number of piperazine rings is 1. The fourth-order valence-corrected chi connectivity index (χ4v) is 2.40. The molecule has 0 unspecified atom stereocenters. The summed E-state index contributed by atoms with van der Waals surface area (Å²) in [7, 11) is 3.97. The zero-order valence-corrected chi connectivity index (χ0v) is 7.84. The first kappa shape index (κ1) is 8.52. The molecule has 0 aromatic heterocycles. The molecule has 2 fully saturated rings. The van der Waals surface area contributed by atoms with Gasteiger partial charge in [-0.15, -0.1) is 0 Å². The second-order valence-electron chi connectivity index (χ2n) is 4.09. The lowest BCUT2D eigenvalue weighted by Gasteiger charge is -2.36. The largest absolute Gasteiger partial charge is 0.300 e. The average molecular weight is 167 g/mol. The summed E-state index contributed by atoms with van der Waals surface area (Å²) in [6.07, 6.45) is 5.79. The Morgan fingerprint density at radius 1 is 0.917 bits per heavy atom. The van der Waals surface area contributed by atoms with Crippen molar-refractivity contribution in [2.24, 2.45) is 0 Å². The third-order valence-electron chi connectivity index (χ3n) is 3.25. The van der Waals surface area contributed by atoms with Gasteiger partial charge in [-0.25, -0.2) is 0 Å². The highest BCUT2D eigenvalue weighted by Gasteiger charge is 2.24. The molecule has 12 heavy (non-hydrogen) atoms. The van der Waals surface area contributed by atoms with Gasteiger partial charge in [-0.3, -0.25) is 9.80 Å². The summed E-state index contributed by atoms with van der Waals surface area (Å²) in [4.78, 5) is 4.85. The summed E-state index contributed by atoms with van der Waals surface area (Å²) in [6.45, 7) is 4.81. The zero-order chi connectivity index (χ0) is 8.39. The average Bonchev–Trinajstić information content (AvgIpc) is 2.58. The molecule has 1 aliphatic carbocycles. The zero-order valence-electron chi connectivity index (χ0n) is 7.84. The Kier molecular flexibility index (Phi) is 2.66. The summed E-state index contributed by atoms with van der Waals surface area (Å²) in [5.74, 6) is 0. The molecule has 0 atom stereocenters. The molecule has 0 aromatic rings. The third kappa shape index (κ3) is 1.80. The van der Waals surface area contributed by atoms with E-state index < -0.39 is 0 Å². The van der Waals surface area contributed by atoms with Crippen molar-refractivity contribution in [3.8, 4) is 0 Å². The van der Waals surface area contributed by atoms with Gasteiger partial charge < -0.3 is 0 Å². The summed E-state index contributed by atoms with van der Waals surface area (Å²) in [5, 5.41) is 0. The summed E-state index contributed by atoms with van der Waals surface area (Å²) < 4.78 is 0. The normalized spacial score (nSPS) is 29.8. The van der Waals surface area contributed by atoms with Crippen LogP contribution in [0.15, 0.2) is 0 Å². The molecule has 1 heterocycles. The maximum atomic E-state index is 3.97. The fourth-order valence-electron chi connectivity index (χ4n) is 2.40. The summed E-state index contributed by atoms with van der Waals surface area (Å²) >= 11 is 0.